The zero-order valence-corrected chi connectivity index (χ0v) is 18.2. The van der Waals surface area contributed by atoms with Gasteiger partial charge < -0.3 is 15.0 Å². The number of nitrogens with zero attached hydrogens (tertiary/aromatic N) is 2. The van der Waals surface area contributed by atoms with Crippen molar-refractivity contribution in [3.05, 3.63) is 56.8 Å². The standard InChI is InChI=1S/C14H10FNOS.C8H18N2/c1-9-12(8-18-14(9)4-5-17)10-2-3-13(15)11(6-10)7-16;1-6-9-8(7(2)3)10(4)5/h2-3,5-6,8H,4H2,1H3;9H,6H2,1-5H3. The number of benzene rings is 1. The van der Waals surface area contributed by atoms with E-state index in [-0.39, 0.29) is 5.56 Å². The van der Waals surface area contributed by atoms with Crippen molar-refractivity contribution in [3.8, 4) is 17.2 Å². The highest BCUT2D eigenvalue weighted by atomic mass is 32.1. The van der Waals surface area contributed by atoms with Crippen molar-refractivity contribution >= 4 is 17.6 Å². The van der Waals surface area contributed by atoms with Gasteiger partial charge in [-0.25, -0.2) is 4.39 Å². The monoisotopic (exact) mass is 401 g/mol. The number of hydrogen-bond acceptors (Lipinski definition) is 5. The Hall–Kier alpha value is -2.65. The predicted octanol–water partition coefficient (Wildman–Crippen LogP) is 4.88. The third-order valence-electron chi connectivity index (χ3n) is 4.07. The van der Waals surface area contributed by atoms with Gasteiger partial charge in [0.25, 0.3) is 0 Å². The van der Waals surface area contributed by atoms with E-state index in [9.17, 15) is 9.18 Å². The Bertz CT molecular complexity index is 874. The quantitative estimate of drug-likeness (QED) is 0.701. The van der Waals surface area contributed by atoms with Crippen LogP contribution in [0.3, 0.4) is 0 Å². The Morgan fingerprint density at radius 2 is 2.04 bits per heavy atom. The largest absolute Gasteiger partial charge is 0.372 e. The molecule has 1 heterocycles. The summed E-state index contributed by atoms with van der Waals surface area (Å²) in [5.74, 6) is 0.713. The van der Waals surface area contributed by atoms with Gasteiger partial charge in [-0.05, 0) is 67.5 Å². The minimum absolute atomic E-state index is 0.0371. The van der Waals surface area contributed by atoms with Gasteiger partial charge in [0.15, 0.2) is 0 Å². The molecule has 28 heavy (non-hydrogen) atoms. The molecule has 0 aliphatic carbocycles. The van der Waals surface area contributed by atoms with Gasteiger partial charge in [-0.2, -0.15) is 5.26 Å². The fraction of sp³-hybridized carbons (Fsp3) is 0.364. The van der Waals surface area contributed by atoms with Gasteiger partial charge in [0, 0.05) is 31.9 Å². The maximum Gasteiger partial charge on any atom is 0.140 e. The summed E-state index contributed by atoms with van der Waals surface area (Å²) in [7, 11) is 4.09. The van der Waals surface area contributed by atoms with Crippen molar-refractivity contribution in [1.82, 2.24) is 10.2 Å². The summed E-state index contributed by atoms with van der Waals surface area (Å²) in [6, 6.07) is 6.31. The van der Waals surface area contributed by atoms with Crippen LogP contribution in [0.15, 0.2) is 35.0 Å². The molecule has 4 nitrogen and oxygen atoms in total. The smallest absolute Gasteiger partial charge is 0.140 e. The molecule has 1 N–H and O–H groups in total. The lowest BCUT2D eigenvalue weighted by Gasteiger charge is -2.19. The van der Waals surface area contributed by atoms with Crippen molar-refractivity contribution in [3.63, 3.8) is 0 Å². The van der Waals surface area contributed by atoms with Gasteiger partial charge in [0.05, 0.1) is 11.4 Å². The number of nitrogens with one attached hydrogen (secondary N) is 1. The van der Waals surface area contributed by atoms with E-state index in [4.69, 9.17) is 5.26 Å². The number of nitriles is 1. The minimum Gasteiger partial charge on any atom is -0.372 e. The lowest BCUT2D eigenvalue weighted by Crippen LogP contribution is -2.26. The van der Waals surface area contributed by atoms with Crippen LogP contribution >= 0.6 is 11.3 Å². The van der Waals surface area contributed by atoms with Crippen molar-refractivity contribution in [2.24, 2.45) is 0 Å². The number of thiophene rings is 1. The van der Waals surface area contributed by atoms with E-state index in [2.05, 4.69) is 31.0 Å². The molecule has 0 fully saturated rings. The van der Waals surface area contributed by atoms with E-state index in [1.807, 2.05) is 32.5 Å². The maximum absolute atomic E-state index is 13.2. The molecule has 150 valence electrons. The van der Waals surface area contributed by atoms with Gasteiger partial charge >= 0.3 is 0 Å². The number of halogens is 1. The Morgan fingerprint density at radius 3 is 2.50 bits per heavy atom. The highest BCUT2D eigenvalue weighted by Crippen LogP contribution is 2.32. The van der Waals surface area contributed by atoms with Crippen LogP contribution in [0, 0.1) is 24.1 Å². The van der Waals surface area contributed by atoms with Crippen molar-refractivity contribution in [1.29, 1.82) is 5.26 Å². The van der Waals surface area contributed by atoms with E-state index in [1.54, 1.807) is 6.07 Å². The normalized spacial score (nSPS) is 9.64. The molecule has 2 rings (SSSR count). The summed E-state index contributed by atoms with van der Waals surface area (Å²) >= 11 is 1.51. The second kappa shape index (κ2) is 11.3. The first-order valence-corrected chi connectivity index (χ1v) is 9.93. The van der Waals surface area contributed by atoms with Gasteiger partial charge in [-0.3, -0.25) is 0 Å². The number of carbonyl (C=O) groups excluding carboxylic acids is 1. The Morgan fingerprint density at radius 1 is 1.36 bits per heavy atom. The average Bonchev–Trinajstić information content (AvgIpc) is 3.01. The van der Waals surface area contributed by atoms with E-state index in [0.29, 0.717) is 6.42 Å². The van der Waals surface area contributed by atoms with Crippen LogP contribution in [0.25, 0.3) is 11.1 Å². The lowest BCUT2D eigenvalue weighted by molar-refractivity contribution is -0.107. The van der Waals surface area contributed by atoms with Crippen LogP contribution in [0.1, 0.15) is 36.8 Å². The van der Waals surface area contributed by atoms with Gasteiger partial charge in [-0.15, -0.1) is 11.3 Å². The highest BCUT2D eigenvalue weighted by molar-refractivity contribution is 7.10. The second-order valence-corrected chi connectivity index (χ2v) is 7.61. The van der Waals surface area contributed by atoms with E-state index in [0.717, 1.165) is 34.4 Å². The lowest BCUT2D eigenvalue weighted by atomic mass is 10.0. The summed E-state index contributed by atoms with van der Waals surface area (Å²) in [4.78, 5) is 13.6. The molecule has 0 saturated heterocycles. The van der Waals surface area contributed by atoms with Crippen molar-refractivity contribution in [2.45, 2.75) is 34.1 Å². The van der Waals surface area contributed by atoms with Crippen LogP contribution < -0.4 is 5.32 Å². The first-order valence-electron chi connectivity index (χ1n) is 9.06. The van der Waals surface area contributed by atoms with Crippen molar-refractivity contribution in [2.75, 3.05) is 20.6 Å². The summed E-state index contributed by atoms with van der Waals surface area (Å²) in [5, 5.41) is 14.0. The van der Waals surface area contributed by atoms with Crippen molar-refractivity contribution < 1.29 is 9.18 Å². The number of allylic oxidation sites excluding steroid dienone is 1. The molecule has 0 atom stereocenters. The Labute approximate surface area is 171 Å². The number of carbonyl (C=O) groups is 1. The maximum atomic E-state index is 13.2. The molecule has 0 radical (unpaired) electrons. The molecule has 0 bridgehead atoms. The first-order chi connectivity index (χ1) is 13.3. The molecule has 6 heteroatoms. The Kier molecular flexibility index (Phi) is 9.40. The second-order valence-electron chi connectivity index (χ2n) is 6.65. The van der Waals surface area contributed by atoms with Crippen LogP contribution in [-0.2, 0) is 11.2 Å². The fourth-order valence-corrected chi connectivity index (χ4v) is 3.77. The molecule has 0 aliphatic heterocycles. The molecule has 0 amide bonds. The van der Waals surface area contributed by atoms with Crippen LogP contribution in [-0.4, -0.2) is 31.8 Å². The molecule has 2 aromatic rings. The third-order valence-corrected chi connectivity index (χ3v) is 5.18. The molecule has 0 aliphatic rings. The highest BCUT2D eigenvalue weighted by Gasteiger charge is 2.11. The number of rotatable bonds is 6. The van der Waals surface area contributed by atoms with Gasteiger partial charge in [0.2, 0.25) is 0 Å². The zero-order valence-electron chi connectivity index (χ0n) is 17.4. The van der Waals surface area contributed by atoms with E-state index < -0.39 is 5.82 Å². The topological polar surface area (TPSA) is 56.1 Å². The zero-order chi connectivity index (χ0) is 21.3. The number of aldehydes is 1. The van der Waals surface area contributed by atoms with Gasteiger partial charge in [0.1, 0.15) is 18.2 Å². The van der Waals surface area contributed by atoms with Gasteiger partial charge in [-0.1, -0.05) is 6.07 Å². The fourth-order valence-electron chi connectivity index (χ4n) is 2.75. The molecule has 0 unspecified atom stereocenters. The molecule has 1 aromatic carbocycles. The van der Waals surface area contributed by atoms with E-state index in [1.165, 1.54) is 34.9 Å². The molecular formula is C22H28FN3OS. The first kappa shape index (κ1) is 23.4. The molecule has 1 aromatic heterocycles. The molecular weight excluding hydrogens is 373 g/mol. The SMILES string of the molecule is CCNC(=C(C)C)N(C)C.Cc1c(-c2ccc(F)c(C#N)c2)csc1CC=O. The third kappa shape index (κ3) is 6.21. The average molecular weight is 402 g/mol. The predicted molar refractivity (Wildman–Crippen MR) is 115 cm³/mol. The van der Waals surface area contributed by atoms with Crippen LogP contribution in [0.4, 0.5) is 4.39 Å². The van der Waals surface area contributed by atoms with Crippen LogP contribution in [0.2, 0.25) is 0 Å². The summed E-state index contributed by atoms with van der Waals surface area (Å²) in [6.07, 6.45) is 1.26. The van der Waals surface area contributed by atoms with Crippen LogP contribution in [0.5, 0.6) is 0 Å². The van der Waals surface area contributed by atoms with E-state index >= 15 is 0 Å². The number of hydrogen-bond donors (Lipinski definition) is 1. The summed E-state index contributed by atoms with van der Waals surface area (Å²) in [5.41, 5.74) is 4.14. The molecule has 0 spiro atoms. The minimum atomic E-state index is -0.512. The summed E-state index contributed by atoms with van der Waals surface area (Å²) in [6.45, 7) is 9.24. The molecule has 0 saturated carbocycles. The summed E-state index contributed by atoms with van der Waals surface area (Å²) < 4.78 is 13.2. The Balaban J connectivity index is 0.000000336.